The molecule has 2 nitrogen and oxygen atoms in total. The third kappa shape index (κ3) is 4.70. The predicted octanol–water partition coefficient (Wildman–Crippen LogP) is 7.00. The molecule has 0 spiro atoms. The fourth-order valence-electron chi connectivity index (χ4n) is 2.39. The molecule has 0 radical (unpaired) electrons. The first kappa shape index (κ1) is 19.2. The van der Waals surface area contributed by atoms with Gasteiger partial charge in [-0.05, 0) is 24.7 Å². The number of hydrogen-bond donors (Lipinski definition) is 0. The highest BCUT2D eigenvalue weighted by molar-refractivity contribution is 6.45. The summed E-state index contributed by atoms with van der Waals surface area (Å²) < 4.78 is 11.9. The average Bonchev–Trinajstić information content (AvgIpc) is 2.53. The molecule has 2 rings (SSSR count). The minimum Gasteiger partial charge on any atom is -0.491 e. The SMILES string of the molecule is CC(C)CCOc1c(Cl)c(Cl)c(OCCC(C)C)c2ccccc12. The first-order chi connectivity index (χ1) is 11.4. The minimum absolute atomic E-state index is 0.429. The second-order valence-electron chi connectivity index (χ2n) is 6.89. The molecule has 0 aliphatic carbocycles. The molecule has 0 atom stereocenters. The summed E-state index contributed by atoms with van der Waals surface area (Å²) in [6, 6.07) is 7.94. The Balaban J connectivity index is 2.37. The normalized spacial score (nSPS) is 11.5. The van der Waals surface area contributed by atoms with E-state index in [4.69, 9.17) is 32.7 Å². The van der Waals surface area contributed by atoms with E-state index in [1.807, 2.05) is 24.3 Å². The molecule has 24 heavy (non-hydrogen) atoms. The van der Waals surface area contributed by atoms with Gasteiger partial charge in [-0.25, -0.2) is 0 Å². The highest BCUT2D eigenvalue weighted by Gasteiger charge is 2.19. The molecule has 2 aromatic rings. The number of hydrogen-bond acceptors (Lipinski definition) is 2. The van der Waals surface area contributed by atoms with Gasteiger partial charge in [0.1, 0.15) is 21.5 Å². The summed E-state index contributed by atoms with van der Waals surface area (Å²) in [5.74, 6) is 2.44. The number of ether oxygens (including phenoxy) is 2. The van der Waals surface area contributed by atoms with Crippen LogP contribution in [0.3, 0.4) is 0 Å². The molecule has 0 unspecified atom stereocenters. The van der Waals surface area contributed by atoms with Crippen molar-refractivity contribution in [3.63, 3.8) is 0 Å². The van der Waals surface area contributed by atoms with Crippen LogP contribution < -0.4 is 9.47 Å². The second-order valence-corrected chi connectivity index (χ2v) is 7.65. The number of rotatable bonds is 8. The molecule has 0 bridgehead atoms. The topological polar surface area (TPSA) is 18.5 Å². The molecule has 0 N–H and O–H groups in total. The standard InChI is InChI=1S/C20H26Cl2O2/c1-13(2)9-11-23-19-15-7-5-6-8-16(15)20(18(22)17(19)21)24-12-10-14(3)4/h5-8,13-14H,9-12H2,1-4H3. The molecular formula is C20H26Cl2O2. The van der Waals surface area contributed by atoms with Crippen LogP contribution in [0.2, 0.25) is 10.0 Å². The van der Waals surface area contributed by atoms with Gasteiger partial charge in [-0.2, -0.15) is 0 Å². The molecule has 4 heteroatoms. The van der Waals surface area contributed by atoms with Crippen molar-refractivity contribution in [3.05, 3.63) is 34.3 Å². The van der Waals surface area contributed by atoms with E-state index in [0.29, 0.717) is 46.6 Å². The second kappa shape index (κ2) is 8.82. The molecule has 0 saturated carbocycles. The van der Waals surface area contributed by atoms with E-state index in [2.05, 4.69) is 27.7 Å². The van der Waals surface area contributed by atoms with Gasteiger partial charge in [0, 0.05) is 10.8 Å². The van der Waals surface area contributed by atoms with E-state index in [9.17, 15) is 0 Å². The highest BCUT2D eigenvalue weighted by atomic mass is 35.5. The minimum atomic E-state index is 0.429. The molecular weight excluding hydrogens is 343 g/mol. The van der Waals surface area contributed by atoms with Gasteiger partial charge in [-0.3, -0.25) is 0 Å². The fourth-order valence-corrected chi connectivity index (χ4v) is 2.87. The maximum atomic E-state index is 6.50. The van der Waals surface area contributed by atoms with E-state index in [1.165, 1.54) is 0 Å². The van der Waals surface area contributed by atoms with Gasteiger partial charge in [0.15, 0.2) is 0 Å². The molecule has 0 amide bonds. The van der Waals surface area contributed by atoms with E-state index in [0.717, 1.165) is 23.6 Å². The van der Waals surface area contributed by atoms with E-state index < -0.39 is 0 Å². The van der Waals surface area contributed by atoms with Crippen LogP contribution in [-0.2, 0) is 0 Å². The maximum absolute atomic E-state index is 6.50. The largest absolute Gasteiger partial charge is 0.491 e. The van der Waals surface area contributed by atoms with Gasteiger partial charge in [0.2, 0.25) is 0 Å². The summed E-state index contributed by atoms with van der Waals surface area (Å²) in [5, 5.41) is 2.74. The van der Waals surface area contributed by atoms with Crippen LogP contribution >= 0.6 is 23.2 Å². The van der Waals surface area contributed by atoms with Gasteiger partial charge >= 0.3 is 0 Å². The Bertz CT molecular complexity index is 622. The Morgan fingerprint density at radius 2 is 1.12 bits per heavy atom. The summed E-state index contributed by atoms with van der Waals surface area (Å²) in [6.45, 7) is 9.91. The van der Waals surface area contributed by atoms with E-state index >= 15 is 0 Å². The van der Waals surface area contributed by atoms with Gasteiger partial charge in [-0.1, -0.05) is 75.2 Å². The van der Waals surface area contributed by atoms with Crippen LogP contribution in [0.4, 0.5) is 0 Å². The van der Waals surface area contributed by atoms with Gasteiger partial charge in [0.05, 0.1) is 13.2 Å². The van der Waals surface area contributed by atoms with E-state index in [1.54, 1.807) is 0 Å². The first-order valence-electron chi connectivity index (χ1n) is 8.57. The fraction of sp³-hybridized carbons (Fsp3) is 0.500. The van der Waals surface area contributed by atoms with Crippen molar-refractivity contribution in [3.8, 4) is 11.5 Å². The number of fused-ring (bicyclic) bond motifs is 1. The predicted molar refractivity (Wildman–Crippen MR) is 104 cm³/mol. The molecule has 0 aromatic heterocycles. The van der Waals surface area contributed by atoms with Crippen molar-refractivity contribution in [2.45, 2.75) is 40.5 Å². The van der Waals surface area contributed by atoms with Crippen molar-refractivity contribution in [1.29, 1.82) is 0 Å². The van der Waals surface area contributed by atoms with Crippen LogP contribution in [0.5, 0.6) is 11.5 Å². The third-order valence-electron chi connectivity index (χ3n) is 3.89. The van der Waals surface area contributed by atoms with Crippen LogP contribution in [0, 0.1) is 11.8 Å². The van der Waals surface area contributed by atoms with E-state index in [-0.39, 0.29) is 0 Å². The lowest BCUT2D eigenvalue weighted by molar-refractivity contribution is 0.287. The van der Waals surface area contributed by atoms with Gasteiger partial charge in [0.25, 0.3) is 0 Å². The molecule has 132 valence electrons. The summed E-state index contributed by atoms with van der Waals surface area (Å²) in [5.41, 5.74) is 0. The van der Waals surface area contributed by atoms with Crippen molar-refractivity contribution >= 4 is 34.0 Å². The van der Waals surface area contributed by atoms with Gasteiger partial charge in [-0.15, -0.1) is 0 Å². The Kier molecular flexibility index (Phi) is 7.06. The Hall–Kier alpha value is -1.12. The zero-order valence-corrected chi connectivity index (χ0v) is 16.4. The Morgan fingerprint density at radius 1 is 0.750 bits per heavy atom. The van der Waals surface area contributed by atoms with Crippen LogP contribution in [0.15, 0.2) is 24.3 Å². The van der Waals surface area contributed by atoms with Crippen LogP contribution in [-0.4, -0.2) is 13.2 Å². The summed E-state index contributed by atoms with van der Waals surface area (Å²) in [4.78, 5) is 0. The van der Waals surface area contributed by atoms with Crippen LogP contribution in [0.25, 0.3) is 10.8 Å². The quantitative estimate of drug-likeness (QED) is 0.499. The third-order valence-corrected chi connectivity index (χ3v) is 4.71. The van der Waals surface area contributed by atoms with Crippen molar-refractivity contribution < 1.29 is 9.47 Å². The highest BCUT2D eigenvalue weighted by Crippen LogP contribution is 2.46. The summed E-state index contributed by atoms with van der Waals surface area (Å²) in [7, 11) is 0. The summed E-state index contributed by atoms with van der Waals surface area (Å²) >= 11 is 13.0. The van der Waals surface area contributed by atoms with Crippen molar-refractivity contribution in [2.75, 3.05) is 13.2 Å². The lowest BCUT2D eigenvalue weighted by Gasteiger charge is -2.18. The molecule has 0 aliphatic heterocycles. The summed E-state index contributed by atoms with van der Waals surface area (Å²) in [6.07, 6.45) is 1.93. The lowest BCUT2D eigenvalue weighted by Crippen LogP contribution is -2.05. The zero-order chi connectivity index (χ0) is 17.7. The lowest BCUT2D eigenvalue weighted by atomic mass is 10.1. The molecule has 0 heterocycles. The van der Waals surface area contributed by atoms with Gasteiger partial charge < -0.3 is 9.47 Å². The molecule has 2 aromatic carbocycles. The first-order valence-corrected chi connectivity index (χ1v) is 9.32. The Morgan fingerprint density at radius 3 is 1.46 bits per heavy atom. The number of halogens is 2. The maximum Gasteiger partial charge on any atom is 0.147 e. The molecule has 0 aliphatic rings. The smallest absolute Gasteiger partial charge is 0.147 e. The van der Waals surface area contributed by atoms with Crippen molar-refractivity contribution in [2.24, 2.45) is 11.8 Å². The zero-order valence-electron chi connectivity index (χ0n) is 14.9. The van der Waals surface area contributed by atoms with Crippen molar-refractivity contribution in [1.82, 2.24) is 0 Å². The monoisotopic (exact) mass is 368 g/mol. The average molecular weight is 369 g/mol. The Labute approximate surface area is 155 Å². The molecule has 0 fully saturated rings. The molecule has 0 saturated heterocycles. The van der Waals surface area contributed by atoms with Crippen LogP contribution in [0.1, 0.15) is 40.5 Å². The number of benzene rings is 2.